The first-order valence-electron chi connectivity index (χ1n) is 3.31. The lowest BCUT2D eigenvalue weighted by Crippen LogP contribution is -1.98. The Morgan fingerprint density at radius 1 is 1.55 bits per heavy atom. The lowest BCUT2D eigenvalue weighted by molar-refractivity contribution is 1.02. The molecule has 1 rings (SSSR count). The van der Waals surface area contributed by atoms with Gasteiger partial charge in [0.15, 0.2) is 0 Å². The quantitative estimate of drug-likeness (QED) is 0.793. The first-order valence-corrected chi connectivity index (χ1v) is 5.32. The zero-order valence-corrected chi connectivity index (χ0v) is 8.71. The molecule has 0 bridgehead atoms. The van der Waals surface area contributed by atoms with E-state index in [-0.39, 0.29) is 0 Å². The Kier molecular flexibility index (Phi) is 3.43. The zero-order valence-electron chi connectivity index (χ0n) is 6.30. The van der Waals surface area contributed by atoms with Crippen molar-refractivity contribution in [3.8, 4) is 0 Å². The minimum Gasteiger partial charge on any atom is -0.326 e. The van der Waals surface area contributed by atoms with Gasteiger partial charge in [0.2, 0.25) is 0 Å². The molecule has 1 aromatic carbocycles. The van der Waals surface area contributed by atoms with Crippen LogP contribution in [0.15, 0.2) is 27.6 Å². The predicted octanol–water partition coefficient (Wildman–Crippen LogP) is 2.63. The van der Waals surface area contributed by atoms with Gasteiger partial charge in [0.1, 0.15) is 0 Å². The highest BCUT2D eigenvalue weighted by Crippen LogP contribution is 2.26. The van der Waals surface area contributed by atoms with Gasteiger partial charge in [0, 0.05) is 15.9 Å². The van der Waals surface area contributed by atoms with Gasteiger partial charge in [0.25, 0.3) is 0 Å². The molecule has 0 radical (unpaired) electrons. The van der Waals surface area contributed by atoms with Gasteiger partial charge in [0.05, 0.1) is 0 Å². The van der Waals surface area contributed by atoms with E-state index in [2.05, 4.69) is 28.3 Å². The first kappa shape index (κ1) is 9.10. The number of hydrogen-bond acceptors (Lipinski definition) is 2. The number of nitrogens with two attached hydrogens (primary N) is 1. The predicted molar refractivity (Wildman–Crippen MR) is 53.8 cm³/mol. The summed E-state index contributed by atoms with van der Waals surface area (Å²) in [7, 11) is 0. The van der Waals surface area contributed by atoms with Crippen LogP contribution >= 0.6 is 27.7 Å². The Hall–Kier alpha value is 0.01000. The summed E-state index contributed by atoms with van der Waals surface area (Å²) in [6.45, 7) is 0.595. The van der Waals surface area contributed by atoms with Crippen molar-refractivity contribution in [3.63, 3.8) is 0 Å². The molecule has 0 fully saturated rings. The fourth-order valence-corrected chi connectivity index (χ4v) is 2.24. The highest BCUT2D eigenvalue weighted by Gasteiger charge is 2.02. The molecule has 0 spiro atoms. The Morgan fingerprint density at radius 3 is 2.73 bits per heavy atom. The maximum Gasteiger partial charge on any atom is 0.0231 e. The minimum absolute atomic E-state index is 0.595. The van der Waals surface area contributed by atoms with E-state index < -0.39 is 0 Å². The Morgan fingerprint density at radius 2 is 2.27 bits per heavy atom. The van der Waals surface area contributed by atoms with Crippen molar-refractivity contribution < 1.29 is 0 Å². The maximum absolute atomic E-state index is 5.58. The highest BCUT2D eigenvalue weighted by atomic mass is 79.9. The van der Waals surface area contributed by atoms with Gasteiger partial charge >= 0.3 is 0 Å². The molecule has 0 aliphatic heterocycles. The molecular weight excluding hydrogens is 222 g/mol. The second-order valence-corrected chi connectivity index (χ2v) is 3.83. The van der Waals surface area contributed by atoms with E-state index in [1.165, 1.54) is 10.5 Å². The molecule has 0 aromatic heterocycles. The van der Waals surface area contributed by atoms with Gasteiger partial charge in [-0.1, -0.05) is 22.0 Å². The molecular formula is C8H10BrNS. The minimum atomic E-state index is 0.595. The van der Waals surface area contributed by atoms with Crippen LogP contribution in [0.3, 0.4) is 0 Å². The average molecular weight is 232 g/mol. The van der Waals surface area contributed by atoms with Crippen molar-refractivity contribution in [3.05, 3.63) is 28.2 Å². The summed E-state index contributed by atoms with van der Waals surface area (Å²) in [5.41, 5.74) is 6.78. The van der Waals surface area contributed by atoms with Crippen LogP contribution in [0.4, 0.5) is 0 Å². The van der Waals surface area contributed by atoms with Crippen LogP contribution < -0.4 is 5.73 Å². The van der Waals surface area contributed by atoms with Crippen LogP contribution in [0.2, 0.25) is 0 Å². The number of halogens is 1. The fraction of sp³-hybridized carbons (Fsp3) is 0.250. The van der Waals surface area contributed by atoms with Crippen LogP contribution in [-0.4, -0.2) is 6.26 Å². The van der Waals surface area contributed by atoms with E-state index in [1.54, 1.807) is 11.8 Å². The topological polar surface area (TPSA) is 26.0 Å². The molecule has 0 saturated heterocycles. The summed E-state index contributed by atoms with van der Waals surface area (Å²) in [5, 5.41) is 0. The van der Waals surface area contributed by atoms with E-state index in [1.807, 2.05) is 12.1 Å². The van der Waals surface area contributed by atoms with Crippen LogP contribution in [0.5, 0.6) is 0 Å². The molecule has 0 saturated carbocycles. The lowest BCUT2D eigenvalue weighted by atomic mass is 10.2. The van der Waals surface area contributed by atoms with Crippen LogP contribution in [0, 0.1) is 0 Å². The molecule has 0 atom stereocenters. The van der Waals surface area contributed by atoms with Gasteiger partial charge in [-0.25, -0.2) is 0 Å². The van der Waals surface area contributed by atoms with Gasteiger partial charge in [-0.15, -0.1) is 11.8 Å². The second kappa shape index (κ2) is 4.14. The van der Waals surface area contributed by atoms with E-state index in [4.69, 9.17) is 5.73 Å². The third-order valence-electron chi connectivity index (χ3n) is 1.50. The third kappa shape index (κ3) is 1.98. The number of thioether (sulfide) groups is 1. The Balaban J connectivity index is 3.13. The summed E-state index contributed by atoms with van der Waals surface area (Å²) in [6.07, 6.45) is 2.06. The molecule has 0 amide bonds. The van der Waals surface area contributed by atoms with E-state index in [0.29, 0.717) is 6.54 Å². The number of benzene rings is 1. The second-order valence-electron chi connectivity index (χ2n) is 2.12. The normalized spacial score (nSPS) is 10.1. The smallest absolute Gasteiger partial charge is 0.0231 e. The molecule has 0 aliphatic carbocycles. The Labute approximate surface area is 79.5 Å². The highest BCUT2D eigenvalue weighted by molar-refractivity contribution is 9.10. The van der Waals surface area contributed by atoms with Gasteiger partial charge in [-0.2, -0.15) is 0 Å². The van der Waals surface area contributed by atoms with Gasteiger partial charge in [-0.05, 0) is 24.0 Å². The van der Waals surface area contributed by atoms with Crippen molar-refractivity contribution >= 4 is 27.7 Å². The fourth-order valence-electron chi connectivity index (χ4n) is 0.928. The van der Waals surface area contributed by atoms with Crippen LogP contribution in [0.1, 0.15) is 5.56 Å². The number of rotatable bonds is 2. The largest absolute Gasteiger partial charge is 0.326 e. The molecule has 1 nitrogen and oxygen atoms in total. The SMILES string of the molecule is CSc1cccc(Br)c1CN. The standard InChI is InChI=1S/C8H10BrNS/c1-11-8-4-2-3-7(9)6(8)5-10/h2-4H,5,10H2,1H3. The van der Waals surface area contributed by atoms with Gasteiger partial charge < -0.3 is 5.73 Å². The molecule has 11 heavy (non-hydrogen) atoms. The molecule has 60 valence electrons. The molecule has 1 aromatic rings. The molecule has 0 unspecified atom stereocenters. The lowest BCUT2D eigenvalue weighted by Gasteiger charge is -2.05. The van der Waals surface area contributed by atoms with Crippen LogP contribution in [-0.2, 0) is 6.54 Å². The summed E-state index contributed by atoms with van der Waals surface area (Å²) in [4.78, 5) is 1.25. The maximum atomic E-state index is 5.58. The van der Waals surface area contributed by atoms with Crippen molar-refractivity contribution in [2.75, 3.05) is 6.26 Å². The molecule has 0 aliphatic rings. The molecule has 2 N–H and O–H groups in total. The van der Waals surface area contributed by atoms with Crippen molar-refractivity contribution in [1.29, 1.82) is 0 Å². The van der Waals surface area contributed by atoms with Crippen molar-refractivity contribution in [2.45, 2.75) is 11.4 Å². The summed E-state index contributed by atoms with van der Waals surface area (Å²) in [6, 6.07) is 6.12. The first-order chi connectivity index (χ1) is 5.29. The molecule has 3 heteroatoms. The molecule has 0 heterocycles. The zero-order chi connectivity index (χ0) is 8.27. The summed E-state index contributed by atoms with van der Waals surface area (Å²) >= 11 is 5.18. The van der Waals surface area contributed by atoms with Gasteiger partial charge in [-0.3, -0.25) is 0 Å². The number of hydrogen-bond donors (Lipinski definition) is 1. The van der Waals surface area contributed by atoms with E-state index >= 15 is 0 Å². The van der Waals surface area contributed by atoms with Crippen molar-refractivity contribution in [1.82, 2.24) is 0 Å². The van der Waals surface area contributed by atoms with E-state index in [0.717, 1.165) is 4.47 Å². The summed E-state index contributed by atoms with van der Waals surface area (Å²) in [5.74, 6) is 0. The third-order valence-corrected chi connectivity index (χ3v) is 3.07. The van der Waals surface area contributed by atoms with Crippen LogP contribution in [0.25, 0.3) is 0 Å². The van der Waals surface area contributed by atoms with Crippen molar-refractivity contribution in [2.24, 2.45) is 5.73 Å². The monoisotopic (exact) mass is 231 g/mol. The summed E-state index contributed by atoms with van der Waals surface area (Å²) < 4.78 is 1.10. The Bertz CT molecular complexity index is 250. The average Bonchev–Trinajstić information content (AvgIpc) is 2.04. The van der Waals surface area contributed by atoms with E-state index in [9.17, 15) is 0 Å².